The molecule has 1 atom stereocenters. The molecule has 4 nitrogen and oxygen atoms in total. The Morgan fingerprint density at radius 1 is 1.50 bits per heavy atom. The Kier molecular flexibility index (Phi) is 3.24. The third kappa shape index (κ3) is 2.38. The maximum atomic E-state index is 4.51. The molecule has 1 unspecified atom stereocenters. The molecule has 2 N–H and O–H groups in total. The number of guanidine groups is 1. The van der Waals surface area contributed by atoms with Crippen LogP contribution in [0.3, 0.4) is 0 Å². The van der Waals surface area contributed by atoms with E-state index < -0.39 is 0 Å². The topological polar surface area (TPSA) is 39.7 Å². The lowest BCUT2D eigenvalue weighted by molar-refractivity contribution is 0.390. The number of hydrogen-bond donors (Lipinski definition) is 2. The Labute approximate surface area is 85.8 Å². The van der Waals surface area contributed by atoms with E-state index in [0.717, 1.165) is 25.6 Å². The fourth-order valence-electron chi connectivity index (χ4n) is 2.03. The van der Waals surface area contributed by atoms with Crippen LogP contribution in [-0.4, -0.2) is 50.1 Å². The molecule has 0 amide bonds. The second-order valence-corrected chi connectivity index (χ2v) is 4.17. The van der Waals surface area contributed by atoms with E-state index in [1.165, 1.54) is 25.8 Å². The van der Waals surface area contributed by atoms with Crippen LogP contribution in [0.25, 0.3) is 0 Å². The van der Waals surface area contributed by atoms with Gasteiger partial charge in [-0.2, -0.15) is 0 Å². The van der Waals surface area contributed by atoms with Crippen LogP contribution in [0.4, 0.5) is 0 Å². The van der Waals surface area contributed by atoms with Crippen molar-refractivity contribution in [1.29, 1.82) is 0 Å². The van der Waals surface area contributed by atoms with Gasteiger partial charge in [0.1, 0.15) is 0 Å². The van der Waals surface area contributed by atoms with E-state index in [1.807, 2.05) is 0 Å². The smallest absolute Gasteiger partial charge is 0.193 e. The van der Waals surface area contributed by atoms with Crippen LogP contribution >= 0.6 is 0 Å². The summed E-state index contributed by atoms with van der Waals surface area (Å²) >= 11 is 0. The molecule has 0 radical (unpaired) electrons. The van der Waals surface area contributed by atoms with Crippen LogP contribution < -0.4 is 10.6 Å². The van der Waals surface area contributed by atoms with Gasteiger partial charge in [-0.25, -0.2) is 0 Å². The van der Waals surface area contributed by atoms with Gasteiger partial charge < -0.3 is 15.5 Å². The molecular weight excluding hydrogens is 176 g/mol. The Balaban J connectivity index is 1.85. The second kappa shape index (κ2) is 4.64. The molecular formula is C10H20N4. The van der Waals surface area contributed by atoms with E-state index in [-0.39, 0.29) is 0 Å². The normalized spacial score (nSPS) is 28.5. The monoisotopic (exact) mass is 196 g/mol. The zero-order valence-corrected chi connectivity index (χ0v) is 8.92. The Hall–Kier alpha value is -0.770. The lowest BCUT2D eigenvalue weighted by Crippen LogP contribution is -2.51. The Morgan fingerprint density at radius 2 is 2.43 bits per heavy atom. The third-order valence-corrected chi connectivity index (χ3v) is 2.90. The zero-order chi connectivity index (χ0) is 9.80. The molecule has 0 spiro atoms. The molecule has 0 aromatic rings. The fraction of sp³-hybridized carbons (Fsp3) is 0.900. The van der Waals surface area contributed by atoms with Gasteiger partial charge in [0.15, 0.2) is 5.96 Å². The number of aliphatic imine (C=N–C) groups is 1. The molecule has 0 aromatic carbocycles. The minimum absolute atomic E-state index is 0.572. The summed E-state index contributed by atoms with van der Waals surface area (Å²) in [6, 6.07) is 0.572. The van der Waals surface area contributed by atoms with Gasteiger partial charge in [0, 0.05) is 32.7 Å². The number of piperidine rings is 1. The van der Waals surface area contributed by atoms with Crippen molar-refractivity contribution in [3.8, 4) is 0 Å². The van der Waals surface area contributed by atoms with Gasteiger partial charge in [-0.15, -0.1) is 0 Å². The first-order valence-corrected chi connectivity index (χ1v) is 5.59. The molecule has 0 aromatic heterocycles. The van der Waals surface area contributed by atoms with Crippen molar-refractivity contribution in [2.45, 2.75) is 25.3 Å². The van der Waals surface area contributed by atoms with Gasteiger partial charge in [-0.3, -0.25) is 4.99 Å². The van der Waals surface area contributed by atoms with E-state index in [4.69, 9.17) is 0 Å². The van der Waals surface area contributed by atoms with Gasteiger partial charge in [0.05, 0.1) is 0 Å². The summed E-state index contributed by atoms with van der Waals surface area (Å²) in [5.74, 6) is 1.09. The SMILES string of the molecule is CN1CCCN=C1NC1CCCNC1. The third-order valence-electron chi connectivity index (χ3n) is 2.90. The van der Waals surface area contributed by atoms with Crippen molar-refractivity contribution in [3.05, 3.63) is 0 Å². The molecule has 2 rings (SSSR count). The predicted molar refractivity (Wildman–Crippen MR) is 58.6 cm³/mol. The van der Waals surface area contributed by atoms with Crippen molar-refractivity contribution in [2.24, 2.45) is 4.99 Å². The molecule has 0 aliphatic carbocycles. The molecule has 80 valence electrons. The molecule has 2 aliphatic heterocycles. The molecule has 2 aliphatic rings. The maximum Gasteiger partial charge on any atom is 0.193 e. The van der Waals surface area contributed by atoms with Crippen LogP contribution in [0.2, 0.25) is 0 Å². The van der Waals surface area contributed by atoms with E-state index >= 15 is 0 Å². The Bertz CT molecular complexity index is 208. The first kappa shape index (κ1) is 9.77. The first-order valence-electron chi connectivity index (χ1n) is 5.59. The number of rotatable bonds is 1. The van der Waals surface area contributed by atoms with Crippen LogP contribution in [0.5, 0.6) is 0 Å². The van der Waals surface area contributed by atoms with E-state index in [0.29, 0.717) is 6.04 Å². The summed E-state index contributed by atoms with van der Waals surface area (Å²) in [6.45, 7) is 4.35. The van der Waals surface area contributed by atoms with E-state index in [2.05, 4.69) is 27.6 Å². The molecule has 0 saturated carbocycles. The van der Waals surface area contributed by atoms with Gasteiger partial charge >= 0.3 is 0 Å². The average molecular weight is 196 g/mol. The standard InChI is InChI=1S/C10H20N4/c1-14-7-3-6-12-10(14)13-9-4-2-5-11-8-9/h9,11H,2-8H2,1H3,(H,12,13). The van der Waals surface area contributed by atoms with Gasteiger partial charge in [0.2, 0.25) is 0 Å². The van der Waals surface area contributed by atoms with Crippen molar-refractivity contribution >= 4 is 5.96 Å². The number of nitrogens with zero attached hydrogens (tertiary/aromatic N) is 2. The lowest BCUT2D eigenvalue weighted by Gasteiger charge is -2.31. The van der Waals surface area contributed by atoms with Gasteiger partial charge in [-0.1, -0.05) is 0 Å². The lowest BCUT2D eigenvalue weighted by atomic mass is 10.1. The molecule has 1 fully saturated rings. The molecule has 4 heteroatoms. The van der Waals surface area contributed by atoms with Crippen molar-refractivity contribution in [3.63, 3.8) is 0 Å². The van der Waals surface area contributed by atoms with Crippen LogP contribution in [-0.2, 0) is 0 Å². The molecule has 0 bridgehead atoms. The predicted octanol–water partition coefficient (Wildman–Crippen LogP) is 0.0195. The number of nitrogens with one attached hydrogen (secondary N) is 2. The highest BCUT2D eigenvalue weighted by Crippen LogP contribution is 2.04. The summed E-state index contributed by atoms with van der Waals surface area (Å²) in [7, 11) is 2.11. The minimum atomic E-state index is 0.572. The highest BCUT2D eigenvalue weighted by atomic mass is 15.3. The number of hydrogen-bond acceptors (Lipinski definition) is 4. The largest absolute Gasteiger partial charge is 0.352 e. The van der Waals surface area contributed by atoms with Gasteiger partial charge in [0.25, 0.3) is 0 Å². The zero-order valence-electron chi connectivity index (χ0n) is 8.92. The minimum Gasteiger partial charge on any atom is -0.352 e. The summed E-state index contributed by atoms with van der Waals surface area (Å²) in [5.41, 5.74) is 0. The van der Waals surface area contributed by atoms with E-state index in [1.54, 1.807) is 0 Å². The summed E-state index contributed by atoms with van der Waals surface area (Å²) < 4.78 is 0. The Morgan fingerprint density at radius 3 is 3.14 bits per heavy atom. The average Bonchev–Trinajstić information content (AvgIpc) is 2.23. The highest BCUT2D eigenvalue weighted by molar-refractivity contribution is 5.80. The summed E-state index contributed by atoms with van der Waals surface area (Å²) in [5, 5.41) is 6.92. The molecule has 1 saturated heterocycles. The fourth-order valence-corrected chi connectivity index (χ4v) is 2.03. The highest BCUT2D eigenvalue weighted by Gasteiger charge is 2.17. The van der Waals surface area contributed by atoms with Crippen molar-refractivity contribution in [2.75, 3.05) is 33.2 Å². The maximum absolute atomic E-state index is 4.51. The second-order valence-electron chi connectivity index (χ2n) is 4.17. The van der Waals surface area contributed by atoms with Gasteiger partial charge in [-0.05, 0) is 25.8 Å². The quantitative estimate of drug-likeness (QED) is 0.621. The van der Waals surface area contributed by atoms with Crippen molar-refractivity contribution < 1.29 is 0 Å². The summed E-state index contributed by atoms with van der Waals surface area (Å²) in [4.78, 5) is 6.73. The molecule has 2 heterocycles. The van der Waals surface area contributed by atoms with Crippen LogP contribution in [0.15, 0.2) is 4.99 Å². The molecule has 14 heavy (non-hydrogen) atoms. The van der Waals surface area contributed by atoms with Crippen molar-refractivity contribution in [1.82, 2.24) is 15.5 Å². The first-order chi connectivity index (χ1) is 6.86. The van der Waals surface area contributed by atoms with Crippen LogP contribution in [0.1, 0.15) is 19.3 Å². The van der Waals surface area contributed by atoms with E-state index in [9.17, 15) is 0 Å². The summed E-state index contributed by atoms with van der Waals surface area (Å²) in [6.07, 6.45) is 3.72. The van der Waals surface area contributed by atoms with Crippen LogP contribution in [0, 0.1) is 0 Å².